The predicted octanol–water partition coefficient (Wildman–Crippen LogP) is 5.05. The van der Waals surface area contributed by atoms with Crippen LogP contribution in [0.5, 0.6) is 5.75 Å². The topological polar surface area (TPSA) is 81.9 Å². The van der Waals surface area contributed by atoms with Crippen LogP contribution in [0.4, 0.5) is 23.7 Å². The SMILES string of the molecule is O=C(Nc1ccc(OC(F)(F)F)cc1)n1cc(-c2cncnc2)c(C2=CCCC=C2)n1. The van der Waals surface area contributed by atoms with Crippen molar-refractivity contribution in [2.24, 2.45) is 0 Å². The highest BCUT2D eigenvalue weighted by molar-refractivity contribution is 5.92. The molecular weight excluding hydrogens is 411 g/mol. The minimum absolute atomic E-state index is 0.290. The first-order valence-electron chi connectivity index (χ1n) is 9.28. The maximum absolute atomic E-state index is 12.7. The highest BCUT2D eigenvalue weighted by Crippen LogP contribution is 2.30. The third-order valence-electron chi connectivity index (χ3n) is 4.40. The van der Waals surface area contributed by atoms with Gasteiger partial charge in [-0.15, -0.1) is 13.2 Å². The molecule has 1 aromatic carbocycles. The molecule has 1 aliphatic carbocycles. The fourth-order valence-electron chi connectivity index (χ4n) is 3.05. The third-order valence-corrected chi connectivity index (χ3v) is 4.40. The van der Waals surface area contributed by atoms with Crippen molar-refractivity contribution < 1.29 is 22.7 Å². The Morgan fingerprint density at radius 3 is 2.48 bits per heavy atom. The van der Waals surface area contributed by atoms with Crippen LogP contribution in [0.1, 0.15) is 18.5 Å². The summed E-state index contributed by atoms with van der Waals surface area (Å²) in [5.74, 6) is -0.380. The lowest BCUT2D eigenvalue weighted by Gasteiger charge is -2.10. The molecule has 0 fully saturated rings. The molecule has 0 atom stereocenters. The standard InChI is InChI=1S/C21H16F3N5O2/c22-21(23,24)31-17-8-6-16(7-9-17)27-20(30)29-12-18(15-10-25-13-26-11-15)19(28-29)14-4-2-1-3-5-14/h2,4-13H,1,3H2,(H,27,30). The molecule has 1 aliphatic rings. The van der Waals surface area contributed by atoms with Crippen LogP contribution >= 0.6 is 0 Å². The lowest BCUT2D eigenvalue weighted by atomic mass is 9.99. The lowest BCUT2D eigenvalue weighted by molar-refractivity contribution is -0.274. The Balaban J connectivity index is 1.59. The van der Waals surface area contributed by atoms with Crippen molar-refractivity contribution in [1.82, 2.24) is 19.7 Å². The van der Waals surface area contributed by atoms with Gasteiger partial charge < -0.3 is 10.1 Å². The highest BCUT2D eigenvalue weighted by Gasteiger charge is 2.31. The molecule has 31 heavy (non-hydrogen) atoms. The number of carbonyl (C=O) groups excluding carboxylic acids is 1. The summed E-state index contributed by atoms with van der Waals surface area (Å²) in [6, 6.07) is 4.27. The van der Waals surface area contributed by atoms with Gasteiger partial charge in [0.15, 0.2) is 0 Å². The van der Waals surface area contributed by atoms with E-state index in [1.165, 1.54) is 18.5 Å². The number of nitrogens with zero attached hydrogens (tertiary/aromatic N) is 4. The molecular formula is C21H16F3N5O2. The summed E-state index contributed by atoms with van der Waals surface area (Å²) in [5.41, 5.74) is 3.16. The van der Waals surface area contributed by atoms with Crippen LogP contribution in [0.3, 0.4) is 0 Å². The van der Waals surface area contributed by atoms with Crippen molar-refractivity contribution in [2.75, 3.05) is 5.32 Å². The number of anilines is 1. The van der Waals surface area contributed by atoms with Gasteiger partial charge in [0.2, 0.25) is 0 Å². The van der Waals surface area contributed by atoms with Gasteiger partial charge in [-0.25, -0.2) is 14.8 Å². The maximum Gasteiger partial charge on any atom is 0.573 e. The van der Waals surface area contributed by atoms with E-state index in [4.69, 9.17) is 0 Å². The quantitative estimate of drug-likeness (QED) is 0.630. The average molecular weight is 427 g/mol. The number of halogens is 3. The third kappa shape index (κ3) is 4.97. The predicted molar refractivity (Wildman–Crippen MR) is 107 cm³/mol. The van der Waals surface area contributed by atoms with Crippen LogP contribution in [-0.4, -0.2) is 32.1 Å². The molecule has 0 radical (unpaired) electrons. The molecule has 0 aliphatic heterocycles. The van der Waals surface area contributed by atoms with Crippen molar-refractivity contribution in [1.29, 1.82) is 0 Å². The Labute approximate surface area is 174 Å². The van der Waals surface area contributed by atoms with E-state index in [1.54, 1.807) is 18.6 Å². The van der Waals surface area contributed by atoms with Crippen molar-refractivity contribution >= 4 is 17.3 Å². The smallest absolute Gasteiger partial charge is 0.406 e. The zero-order chi connectivity index (χ0) is 21.8. The van der Waals surface area contributed by atoms with E-state index < -0.39 is 12.4 Å². The Kier molecular flexibility index (Phi) is 5.52. The number of benzene rings is 1. The summed E-state index contributed by atoms with van der Waals surface area (Å²) < 4.78 is 41.8. The van der Waals surface area contributed by atoms with E-state index in [2.05, 4.69) is 25.1 Å². The van der Waals surface area contributed by atoms with Gasteiger partial charge in [-0.2, -0.15) is 9.78 Å². The number of ether oxygens (including phenoxy) is 1. The minimum atomic E-state index is -4.78. The van der Waals surface area contributed by atoms with Crippen molar-refractivity contribution in [3.05, 3.63) is 73.1 Å². The van der Waals surface area contributed by atoms with Crippen molar-refractivity contribution in [2.45, 2.75) is 19.2 Å². The summed E-state index contributed by atoms with van der Waals surface area (Å²) in [6.45, 7) is 0. The lowest BCUT2D eigenvalue weighted by Crippen LogP contribution is -2.20. The van der Waals surface area contributed by atoms with Gasteiger partial charge in [0.05, 0.1) is 0 Å². The number of allylic oxidation sites excluding steroid dienone is 4. The molecule has 0 unspecified atom stereocenters. The molecule has 158 valence electrons. The second-order valence-corrected chi connectivity index (χ2v) is 6.60. The number of hydrogen-bond acceptors (Lipinski definition) is 5. The number of carbonyl (C=O) groups is 1. The minimum Gasteiger partial charge on any atom is -0.406 e. The Morgan fingerprint density at radius 2 is 1.84 bits per heavy atom. The first kappa shape index (κ1) is 20.3. The van der Waals surface area contributed by atoms with Crippen LogP contribution in [0.15, 0.2) is 67.4 Å². The molecule has 2 heterocycles. The van der Waals surface area contributed by atoms with Gasteiger partial charge in [-0.3, -0.25) is 0 Å². The number of alkyl halides is 3. The zero-order valence-electron chi connectivity index (χ0n) is 16.0. The fourth-order valence-corrected chi connectivity index (χ4v) is 3.05. The van der Waals surface area contributed by atoms with Crippen LogP contribution in [0, 0.1) is 0 Å². The van der Waals surface area contributed by atoms with E-state index in [9.17, 15) is 18.0 Å². The summed E-state index contributed by atoms with van der Waals surface area (Å²) in [6.07, 6.45) is 9.26. The summed E-state index contributed by atoms with van der Waals surface area (Å²) in [4.78, 5) is 20.8. The second kappa shape index (κ2) is 8.42. The van der Waals surface area contributed by atoms with Crippen LogP contribution < -0.4 is 10.1 Å². The molecule has 0 bridgehead atoms. The molecule has 2 aromatic heterocycles. The summed E-state index contributed by atoms with van der Waals surface area (Å²) in [5, 5.41) is 7.03. The monoisotopic (exact) mass is 427 g/mol. The first-order valence-corrected chi connectivity index (χ1v) is 9.28. The van der Waals surface area contributed by atoms with Gasteiger partial charge in [-0.1, -0.05) is 18.2 Å². The van der Waals surface area contributed by atoms with Gasteiger partial charge >= 0.3 is 12.4 Å². The average Bonchev–Trinajstić information content (AvgIpc) is 3.21. The van der Waals surface area contributed by atoms with E-state index in [0.717, 1.165) is 35.2 Å². The Bertz CT molecular complexity index is 1140. The largest absolute Gasteiger partial charge is 0.573 e. The van der Waals surface area contributed by atoms with E-state index in [1.807, 2.05) is 18.2 Å². The molecule has 0 saturated carbocycles. The first-order chi connectivity index (χ1) is 14.9. The van der Waals surface area contributed by atoms with Gasteiger partial charge in [-0.05, 0) is 42.7 Å². The molecule has 0 spiro atoms. The fraction of sp³-hybridized carbons (Fsp3) is 0.143. The summed E-state index contributed by atoms with van der Waals surface area (Å²) >= 11 is 0. The zero-order valence-corrected chi connectivity index (χ0v) is 16.0. The van der Waals surface area contributed by atoms with Crippen LogP contribution in [0.25, 0.3) is 16.7 Å². The molecule has 7 nitrogen and oxygen atoms in total. The summed E-state index contributed by atoms with van der Waals surface area (Å²) in [7, 11) is 0. The maximum atomic E-state index is 12.7. The van der Waals surface area contributed by atoms with Crippen LogP contribution in [0.2, 0.25) is 0 Å². The molecule has 0 saturated heterocycles. The number of nitrogens with one attached hydrogen (secondary N) is 1. The Hall–Kier alpha value is -3.95. The number of rotatable bonds is 4. The van der Waals surface area contributed by atoms with Crippen molar-refractivity contribution in [3.63, 3.8) is 0 Å². The molecule has 1 amide bonds. The Morgan fingerprint density at radius 1 is 1.10 bits per heavy atom. The molecule has 3 aromatic rings. The molecule has 4 rings (SSSR count). The number of hydrogen-bond donors (Lipinski definition) is 1. The van der Waals surface area contributed by atoms with Gasteiger partial charge in [0, 0.05) is 35.4 Å². The van der Waals surface area contributed by atoms with E-state index in [0.29, 0.717) is 16.8 Å². The van der Waals surface area contributed by atoms with Gasteiger partial charge in [0.1, 0.15) is 17.8 Å². The van der Waals surface area contributed by atoms with Gasteiger partial charge in [0.25, 0.3) is 0 Å². The van der Waals surface area contributed by atoms with E-state index >= 15 is 0 Å². The normalized spacial score (nSPS) is 13.6. The second-order valence-electron chi connectivity index (χ2n) is 6.60. The molecule has 1 N–H and O–H groups in total. The van der Waals surface area contributed by atoms with Crippen LogP contribution in [-0.2, 0) is 0 Å². The highest BCUT2D eigenvalue weighted by atomic mass is 19.4. The van der Waals surface area contributed by atoms with Crippen molar-refractivity contribution in [3.8, 4) is 16.9 Å². The molecule has 10 heteroatoms. The number of aromatic nitrogens is 4. The van der Waals surface area contributed by atoms with E-state index in [-0.39, 0.29) is 11.4 Å². The number of amides is 1.